The zero-order valence-electron chi connectivity index (χ0n) is 10.9. The van der Waals surface area contributed by atoms with Crippen LogP contribution in [0.1, 0.15) is 36.8 Å². The van der Waals surface area contributed by atoms with Gasteiger partial charge in [0.2, 0.25) is 0 Å². The predicted octanol–water partition coefficient (Wildman–Crippen LogP) is 2.89. The van der Waals surface area contributed by atoms with E-state index in [2.05, 4.69) is 6.07 Å². The molecular formula is C15H17NO3. The average Bonchev–Trinajstić information content (AvgIpc) is 2.39. The summed E-state index contributed by atoms with van der Waals surface area (Å²) in [4.78, 5) is 10.9. The summed E-state index contributed by atoms with van der Waals surface area (Å²) >= 11 is 0. The zero-order valence-corrected chi connectivity index (χ0v) is 10.9. The van der Waals surface area contributed by atoms with Crippen LogP contribution >= 0.6 is 0 Å². The number of carbonyl (C=O) groups is 1. The molecule has 1 aliphatic carbocycles. The molecule has 0 aliphatic heterocycles. The van der Waals surface area contributed by atoms with Crippen LogP contribution in [0.25, 0.3) is 0 Å². The van der Waals surface area contributed by atoms with E-state index in [1.165, 1.54) is 0 Å². The molecule has 0 radical (unpaired) electrons. The highest BCUT2D eigenvalue weighted by Crippen LogP contribution is 2.28. The lowest BCUT2D eigenvalue weighted by Gasteiger charge is -2.26. The Kier molecular flexibility index (Phi) is 4.06. The first-order chi connectivity index (χ1) is 9.10. The molecule has 4 nitrogen and oxygen atoms in total. The van der Waals surface area contributed by atoms with E-state index in [4.69, 9.17) is 15.1 Å². The minimum absolute atomic E-state index is 0.0861. The molecule has 1 saturated carbocycles. The van der Waals surface area contributed by atoms with E-state index < -0.39 is 5.97 Å². The molecule has 0 spiro atoms. The number of ether oxygens (including phenoxy) is 1. The summed E-state index contributed by atoms with van der Waals surface area (Å²) in [5, 5.41) is 17.8. The molecule has 0 amide bonds. The van der Waals surface area contributed by atoms with Gasteiger partial charge in [-0.25, -0.2) is 0 Å². The summed E-state index contributed by atoms with van der Waals surface area (Å²) in [6.45, 7) is 1.88. The van der Waals surface area contributed by atoms with Crippen molar-refractivity contribution in [1.82, 2.24) is 0 Å². The van der Waals surface area contributed by atoms with E-state index in [1.54, 1.807) is 12.1 Å². The SMILES string of the molecule is Cc1cc(OC2CCC(C(=O)O)CC2)ccc1C#N. The molecule has 0 saturated heterocycles. The molecule has 1 aliphatic rings. The highest BCUT2D eigenvalue weighted by atomic mass is 16.5. The second kappa shape index (κ2) is 5.75. The zero-order chi connectivity index (χ0) is 13.8. The van der Waals surface area contributed by atoms with E-state index in [0.29, 0.717) is 18.4 Å². The van der Waals surface area contributed by atoms with Gasteiger partial charge in [0.1, 0.15) is 5.75 Å². The fourth-order valence-corrected chi connectivity index (χ4v) is 2.45. The van der Waals surface area contributed by atoms with Crippen LogP contribution in [0.2, 0.25) is 0 Å². The maximum Gasteiger partial charge on any atom is 0.306 e. The quantitative estimate of drug-likeness (QED) is 0.906. The second-order valence-corrected chi connectivity index (χ2v) is 5.02. The smallest absolute Gasteiger partial charge is 0.306 e. The highest BCUT2D eigenvalue weighted by Gasteiger charge is 2.26. The number of hydrogen-bond acceptors (Lipinski definition) is 3. The molecule has 0 bridgehead atoms. The fraction of sp³-hybridized carbons (Fsp3) is 0.467. The van der Waals surface area contributed by atoms with Gasteiger partial charge in [-0.3, -0.25) is 4.79 Å². The summed E-state index contributed by atoms with van der Waals surface area (Å²) in [5.74, 6) is -0.162. The average molecular weight is 259 g/mol. The third-order valence-corrected chi connectivity index (χ3v) is 3.64. The van der Waals surface area contributed by atoms with Gasteiger partial charge in [-0.2, -0.15) is 5.26 Å². The third-order valence-electron chi connectivity index (χ3n) is 3.64. The molecule has 100 valence electrons. The minimum Gasteiger partial charge on any atom is -0.490 e. The first-order valence-electron chi connectivity index (χ1n) is 6.50. The van der Waals surface area contributed by atoms with Gasteiger partial charge in [0.25, 0.3) is 0 Å². The van der Waals surface area contributed by atoms with Crippen LogP contribution in [0.5, 0.6) is 5.75 Å². The van der Waals surface area contributed by atoms with Crippen molar-refractivity contribution in [2.45, 2.75) is 38.7 Å². The van der Waals surface area contributed by atoms with Crippen molar-refractivity contribution in [1.29, 1.82) is 5.26 Å². The first kappa shape index (κ1) is 13.4. The van der Waals surface area contributed by atoms with Crippen LogP contribution in [0.15, 0.2) is 18.2 Å². The molecule has 4 heteroatoms. The standard InChI is InChI=1S/C15H17NO3/c1-10-8-14(7-4-12(10)9-16)19-13-5-2-11(3-6-13)15(17)18/h4,7-8,11,13H,2-3,5-6H2,1H3,(H,17,18). The fourth-order valence-electron chi connectivity index (χ4n) is 2.45. The number of rotatable bonds is 3. The van der Waals surface area contributed by atoms with Crippen LogP contribution in [0.3, 0.4) is 0 Å². The van der Waals surface area contributed by atoms with Crippen LogP contribution in [0, 0.1) is 24.2 Å². The molecule has 1 aromatic rings. The molecule has 1 aromatic carbocycles. The van der Waals surface area contributed by atoms with Gasteiger partial charge in [0, 0.05) is 0 Å². The van der Waals surface area contributed by atoms with Gasteiger partial charge in [0.05, 0.1) is 23.7 Å². The van der Waals surface area contributed by atoms with Crippen molar-refractivity contribution in [3.63, 3.8) is 0 Å². The van der Waals surface area contributed by atoms with E-state index in [9.17, 15) is 4.79 Å². The summed E-state index contributed by atoms with van der Waals surface area (Å²) in [7, 11) is 0. The normalized spacial score (nSPS) is 22.5. The van der Waals surface area contributed by atoms with Crippen molar-refractivity contribution >= 4 is 5.97 Å². The van der Waals surface area contributed by atoms with E-state index in [0.717, 1.165) is 24.2 Å². The van der Waals surface area contributed by atoms with Crippen LogP contribution in [-0.4, -0.2) is 17.2 Å². The van der Waals surface area contributed by atoms with Crippen LogP contribution in [0.4, 0.5) is 0 Å². The van der Waals surface area contributed by atoms with E-state index in [1.807, 2.05) is 13.0 Å². The van der Waals surface area contributed by atoms with Gasteiger partial charge in [0.15, 0.2) is 0 Å². The number of carboxylic acids is 1. The Morgan fingerprint density at radius 3 is 2.58 bits per heavy atom. The molecule has 2 rings (SSSR count). The molecule has 0 aromatic heterocycles. The Morgan fingerprint density at radius 2 is 2.05 bits per heavy atom. The lowest BCUT2D eigenvalue weighted by atomic mass is 9.87. The molecule has 0 atom stereocenters. The summed E-state index contributed by atoms with van der Waals surface area (Å²) < 4.78 is 5.86. The molecule has 19 heavy (non-hydrogen) atoms. The summed E-state index contributed by atoms with van der Waals surface area (Å²) in [6, 6.07) is 7.54. The Balaban J connectivity index is 1.94. The predicted molar refractivity (Wildman–Crippen MR) is 69.9 cm³/mol. The lowest BCUT2D eigenvalue weighted by Crippen LogP contribution is -2.27. The number of hydrogen-bond donors (Lipinski definition) is 1. The Morgan fingerprint density at radius 1 is 1.37 bits per heavy atom. The Hall–Kier alpha value is -2.02. The van der Waals surface area contributed by atoms with Crippen molar-refractivity contribution in [3.8, 4) is 11.8 Å². The van der Waals surface area contributed by atoms with Gasteiger partial charge in [-0.15, -0.1) is 0 Å². The largest absolute Gasteiger partial charge is 0.490 e. The molecule has 0 unspecified atom stereocenters. The monoisotopic (exact) mass is 259 g/mol. The van der Waals surface area contributed by atoms with Crippen molar-refractivity contribution in [2.75, 3.05) is 0 Å². The number of nitrogens with zero attached hydrogens (tertiary/aromatic N) is 1. The van der Waals surface area contributed by atoms with Gasteiger partial charge in [-0.1, -0.05) is 0 Å². The van der Waals surface area contributed by atoms with Crippen LogP contribution < -0.4 is 4.74 Å². The number of carboxylic acid groups (broad SMARTS) is 1. The Labute approximate surface area is 112 Å². The van der Waals surface area contributed by atoms with Gasteiger partial charge in [-0.05, 0) is 56.4 Å². The summed E-state index contributed by atoms with van der Waals surface area (Å²) in [6.07, 6.45) is 2.99. The van der Waals surface area contributed by atoms with Crippen molar-refractivity contribution in [3.05, 3.63) is 29.3 Å². The number of nitriles is 1. The molecule has 0 heterocycles. The van der Waals surface area contributed by atoms with E-state index >= 15 is 0 Å². The summed E-state index contributed by atoms with van der Waals surface area (Å²) in [5.41, 5.74) is 1.56. The number of benzene rings is 1. The maximum atomic E-state index is 10.9. The minimum atomic E-state index is -0.701. The third kappa shape index (κ3) is 3.25. The lowest BCUT2D eigenvalue weighted by molar-refractivity contribution is -0.143. The highest BCUT2D eigenvalue weighted by molar-refractivity contribution is 5.70. The topological polar surface area (TPSA) is 70.3 Å². The molecular weight excluding hydrogens is 242 g/mol. The number of aryl methyl sites for hydroxylation is 1. The van der Waals surface area contributed by atoms with Gasteiger partial charge >= 0.3 is 5.97 Å². The van der Waals surface area contributed by atoms with Gasteiger partial charge < -0.3 is 9.84 Å². The van der Waals surface area contributed by atoms with Crippen LogP contribution in [-0.2, 0) is 4.79 Å². The first-order valence-corrected chi connectivity index (χ1v) is 6.50. The number of aliphatic carboxylic acids is 1. The Bertz CT molecular complexity index is 511. The van der Waals surface area contributed by atoms with E-state index in [-0.39, 0.29) is 12.0 Å². The maximum absolute atomic E-state index is 10.9. The van der Waals surface area contributed by atoms with Crippen molar-refractivity contribution < 1.29 is 14.6 Å². The second-order valence-electron chi connectivity index (χ2n) is 5.02. The molecule has 1 fully saturated rings. The molecule has 1 N–H and O–H groups in total. The van der Waals surface area contributed by atoms with Crippen molar-refractivity contribution in [2.24, 2.45) is 5.92 Å².